The number of halogens is 4. The average molecular weight is 341 g/mol. The van der Waals surface area contributed by atoms with Crippen LogP contribution in [0.15, 0.2) is 22.7 Å². The minimum atomic E-state index is -4.36. The van der Waals surface area contributed by atoms with Crippen LogP contribution in [0, 0.1) is 0 Å². The van der Waals surface area contributed by atoms with Crippen molar-refractivity contribution in [3.05, 3.63) is 28.2 Å². The van der Waals surface area contributed by atoms with Crippen molar-refractivity contribution in [1.29, 1.82) is 0 Å². The quantitative estimate of drug-likeness (QED) is 0.638. The number of nitrogens with two attached hydrogens (primary N) is 1. The van der Waals surface area contributed by atoms with Crippen LogP contribution in [-0.4, -0.2) is 31.8 Å². The monoisotopic (exact) mass is 340 g/mol. The Morgan fingerprint density at radius 1 is 1.42 bits per heavy atom. The highest BCUT2D eigenvalue weighted by atomic mass is 79.9. The Hall–Kier alpha value is -1.28. The average Bonchev–Trinajstić information content (AvgIpc) is 2.30. The maximum Gasteiger partial charge on any atom is 0.411 e. The third-order valence-electron chi connectivity index (χ3n) is 2.06. The molecule has 0 bridgehead atoms. The largest absolute Gasteiger partial charge is 0.411 e. The van der Waals surface area contributed by atoms with Crippen LogP contribution in [0.25, 0.3) is 0 Å². The molecule has 0 radical (unpaired) electrons. The molecule has 3 N–H and O–H groups in total. The van der Waals surface area contributed by atoms with E-state index in [9.17, 15) is 18.0 Å². The van der Waals surface area contributed by atoms with Crippen molar-refractivity contribution in [2.45, 2.75) is 6.18 Å². The number of rotatable bonds is 5. The van der Waals surface area contributed by atoms with E-state index in [-0.39, 0.29) is 13.2 Å². The number of amides is 1. The fourth-order valence-electron chi connectivity index (χ4n) is 1.21. The van der Waals surface area contributed by atoms with Crippen molar-refractivity contribution < 1.29 is 22.7 Å². The Morgan fingerprint density at radius 2 is 2.11 bits per heavy atom. The third-order valence-corrected chi connectivity index (χ3v) is 2.78. The highest BCUT2D eigenvalue weighted by Crippen LogP contribution is 2.20. The number of hydrogen-bond donors (Lipinski definition) is 2. The number of carbonyl (C=O) groups excluding carboxylic acids is 1. The van der Waals surface area contributed by atoms with Gasteiger partial charge in [0.05, 0.1) is 6.61 Å². The van der Waals surface area contributed by atoms with Gasteiger partial charge in [-0.05, 0) is 34.1 Å². The van der Waals surface area contributed by atoms with Crippen molar-refractivity contribution in [1.82, 2.24) is 5.32 Å². The van der Waals surface area contributed by atoms with Crippen LogP contribution in [0.2, 0.25) is 0 Å². The molecule has 0 atom stereocenters. The van der Waals surface area contributed by atoms with E-state index in [1.165, 1.54) is 6.07 Å². The van der Waals surface area contributed by atoms with Gasteiger partial charge in [0.25, 0.3) is 5.91 Å². The van der Waals surface area contributed by atoms with E-state index in [0.29, 0.717) is 15.7 Å². The van der Waals surface area contributed by atoms with Crippen molar-refractivity contribution in [3.63, 3.8) is 0 Å². The Labute approximate surface area is 116 Å². The first-order chi connectivity index (χ1) is 8.79. The van der Waals surface area contributed by atoms with Gasteiger partial charge in [0.1, 0.15) is 6.61 Å². The lowest BCUT2D eigenvalue weighted by Gasteiger charge is -2.09. The van der Waals surface area contributed by atoms with E-state index >= 15 is 0 Å². The summed E-state index contributed by atoms with van der Waals surface area (Å²) in [7, 11) is 0. The second-order valence-electron chi connectivity index (χ2n) is 3.66. The number of alkyl halides is 3. The topological polar surface area (TPSA) is 64.4 Å². The molecule has 1 aromatic rings. The maximum atomic E-state index is 11.8. The molecule has 0 saturated heterocycles. The van der Waals surface area contributed by atoms with E-state index in [1.807, 2.05) is 0 Å². The normalized spacial score (nSPS) is 11.4. The summed E-state index contributed by atoms with van der Waals surface area (Å²) in [5.74, 6) is -0.421. The van der Waals surface area contributed by atoms with Crippen LogP contribution < -0.4 is 11.1 Å². The van der Waals surface area contributed by atoms with Crippen LogP contribution >= 0.6 is 15.9 Å². The fourth-order valence-corrected chi connectivity index (χ4v) is 1.46. The summed E-state index contributed by atoms with van der Waals surface area (Å²) in [5, 5.41) is 2.43. The number of hydrogen-bond acceptors (Lipinski definition) is 3. The van der Waals surface area contributed by atoms with Crippen LogP contribution in [0.3, 0.4) is 0 Å². The number of ether oxygens (including phenoxy) is 1. The third kappa shape index (κ3) is 5.93. The van der Waals surface area contributed by atoms with Gasteiger partial charge in [-0.2, -0.15) is 13.2 Å². The van der Waals surface area contributed by atoms with Crippen LogP contribution in [0.1, 0.15) is 10.4 Å². The minimum absolute atomic E-state index is 0.00905. The molecule has 0 aliphatic rings. The van der Waals surface area contributed by atoms with Gasteiger partial charge in [-0.3, -0.25) is 4.79 Å². The first-order valence-corrected chi connectivity index (χ1v) is 6.06. The second kappa shape index (κ2) is 6.76. The molecule has 1 aromatic carbocycles. The predicted molar refractivity (Wildman–Crippen MR) is 67.8 cm³/mol. The molecule has 1 amide bonds. The summed E-state index contributed by atoms with van der Waals surface area (Å²) in [6.45, 7) is -1.55. The van der Waals surface area contributed by atoms with Gasteiger partial charge in [0.15, 0.2) is 0 Å². The Kier molecular flexibility index (Phi) is 5.61. The first kappa shape index (κ1) is 15.8. The van der Waals surface area contributed by atoms with Gasteiger partial charge in [0, 0.05) is 22.3 Å². The van der Waals surface area contributed by atoms with Gasteiger partial charge in [-0.15, -0.1) is 0 Å². The number of nitrogen functional groups attached to an aromatic ring is 1. The van der Waals surface area contributed by atoms with Crippen molar-refractivity contribution in [2.75, 3.05) is 25.5 Å². The van der Waals surface area contributed by atoms with Crippen LogP contribution in [-0.2, 0) is 4.74 Å². The molecule has 1 rings (SSSR count). The summed E-state index contributed by atoms with van der Waals surface area (Å²) >= 11 is 3.19. The van der Waals surface area contributed by atoms with E-state index in [4.69, 9.17) is 5.73 Å². The van der Waals surface area contributed by atoms with E-state index < -0.39 is 18.7 Å². The molecule has 0 aliphatic carbocycles. The first-order valence-electron chi connectivity index (χ1n) is 5.27. The van der Waals surface area contributed by atoms with Crippen LogP contribution in [0.5, 0.6) is 0 Å². The molecule has 0 spiro atoms. The molecule has 0 aliphatic heterocycles. The molecule has 0 heterocycles. The molecule has 4 nitrogen and oxygen atoms in total. The summed E-state index contributed by atoms with van der Waals surface area (Å²) in [6, 6.07) is 4.63. The summed E-state index contributed by atoms with van der Waals surface area (Å²) in [4.78, 5) is 11.6. The number of benzene rings is 1. The second-order valence-corrected chi connectivity index (χ2v) is 4.51. The predicted octanol–water partition coefficient (Wildman–Crippen LogP) is 2.34. The highest BCUT2D eigenvalue weighted by Gasteiger charge is 2.27. The zero-order chi connectivity index (χ0) is 14.5. The summed E-state index contributed by atoms with van der Waals surface area (Å²) in [5.41, 5.74) is 6.34. The molecular weight excluding hydrogens is 329 g/mol. The van der Waals surface area contributed by atoms with Crippen LogP contribution in [0.4, 0.5) is 18.9 Å². The van der Waals surface area contributed by atoms with Crippen molar-refractivity contribution in [2.24, 2.45) is 0 Å². The van der Waals surface area contributed by atoms with Crippen molar-refractivity contribution >= 4 is 27.5 Å². The molecule has 0 fully saturated rings. The van der Waals surface area contributed by atoms with Gasteiger partial charge >= 0.3 is 6.18 Å². The van der Waals surface area contributed by atoms with Crippen molar-refractivity contribution in [3.8, 4) is 0 Å². The van der Waals surface area contributed by atoms with E-state index in [0.717, 1.165) is 0 Å². The van der Waals surface area contributed by atoms with Gasteiger partial charge in [0.2, 0.25) is 0 Å². The molecule has 0 aromatic heterocycles. The number of carbonyl (C=O) groups is 1. The fraction of sp³-hybridized carbons (Fsp3) is 0.364. The molecule has 0 unspecified atom stereocenters. The zero-order valence-electron chi connectivity index (χ0n) is 9.76. The molecule has 8 heteroatoms. The zero-order valence-corrected chi connectivity index (χ0v) is 11.3. The summed E-state index contributed by atoms with van der Waals surface area (Å²) < 4.78 is 40.3. The van der Waals surface area contributed by atoms with Gasteiger partial charge < -0.3 is 15.8 Å². The minimum Gasteiger partial charge on any atom is -0.398 e. The Bertz CT molecular complexity index is 452. The lowest BCUT2D eigenvalue weighted by molar-refractivity contribution is -0.173. The van der Waals surface area contributed by atoms with E-state index in [2.05, 4.69) is 26.0 Å². The number of nitrogens with one attached hydrogen (secondary N) is 1. The summed E-state index contributed by atoms with van der Waals surface area (Å²) in [6.07, 6.45) is -4.36. The molecule has 106 valence electrons. The standard InChI is InChI=1S/C11H12BrF3N2O2/c12-8-2-1-7(5-9(8)16)10(18)17-3-4-19-6-11(13,14)15/h1-2,5H,3-4,6,16H2,(H,17,18). The SMILES string of the molecule is Nc1cc(C(=O)NCCOCC(F)(F)F)ccc1Br. The highest BCUT2D eigenvalue weighted by molar-refractivity contribution is 9.10. The lowest BCUT2D eigenvalue weighted by atomic mass is 10.2. The number of anilines is 1. The smallest absolute Gasteiger partial charge is 0.398 e. The molecule has 0 saturated carbocycles. The van der Waals surface area contributed by atoms with Gasteiger partial charge in [-0.1, -0.05) is 0 Å². The molecule has 19 heavy (non-hydrogen) atoms. The van der Waals surface area contributed by atoms with E-state index in [1.54, 1.807) is 12.1 Å². The Balaban J connectivity index is 2.33. The molecular formula is C11H12BrF3N2O2. The Morgan fingerprint density at radius 3 is 2.68 bits per heavy atom. The van der Waals surface area contributed by atoms with Gasteiger partial charge in [-0.25, -0.2) is 0 Å². The lowest BCUT2D eigenvalue weighted by Crippen LogP contribution is -2.28. The maximum absolute atomic E-state index is 11.8.